The highest BCUT2D eigenvalue weighted by Gasteiger charge is 2.23. The van der Waals surface area contributed by atoms with Crippen molar-refractivity contribution in [2.75, 3.05) is 26.2 Å². The van der Waals surface area contributed by atoms with E-state index in [1.807, 2.05) is 42.5 Å². The molecule has 0 atom stereocenters. The Kier molecular flexibility index (Phi) is 6.91. The molecule has 4 nitrogen and oxygen atoms in total. The van der Waals surface area contributed by atoms with Gasteiger partial charge in [-0.15, -0.1) is 0 Å². The molecule has 0 aromatic heterocycles. The molecule has 0 radical (unpaired) electrons. The van der Waals surface area contributed by atoms with Crippen molar-refractivity contribution in [1.82, 2.24) is 5.32 Å². The molecule has 0 bridgehead atoms. The van der Waals surface area contributed by atoms with Crippen molar-refractivity contribution in [3.05, 3.63) is 107 Å². The normalized spacial score (nSPS) is 18.7. The maximum atomic E-state index is 12.4. The fourth-order valence-electron chi connectivity index (χ4n) is 4.14. The lowest BCUT2D eigenvalue weighted by Gasteiger charge is -2.29. The Morgan fingerprint density at radius 1 is 0.633 bits per heavy atom. The second-order valence-corrected chi connectivity index (χ2v) is 8.20. The molecule has 1 fully saturated rings. The smallest absolute Gasteiger partial charge is 0.251 e. The predicted octanol–water partition coefficient (Wildman–Crippen LogP) is 1.10. The molecule has 0 aliphatic carbocycles. The molecule has 0 saturated carbocycles. The third kappa shape index (κ3) is 5.78. The number of nitrogens with one attached hydrogen (secondary N) is 3. The van der Waals surface area contributed by atoms with Crippen molar-refractivity contribution < 1.29 is 14.6 Å². The SMILES string of the molecule is O=C(NCc1ccccc1)c1ccc(C[NH+]2CC[NH+](Cc3ccccc3)CC2)cc1. The van der Waals surface area contributed by atoms with E-state index in [2.05, 4.69) is 47.8 Å². The van der Waals surface area contributed by atoms with Crippen LogP contribution in [0.1, 0.15) is 27.0 Å². The van der Waals surface area contributed by atoms with Gasteiger partial charge in [0, 0.05) is 23.2 Å². The quantitative estimate of drug-likeness (QED) is 0.545. The van der Waals surface area contributed by atoms with Crippen LogP contribution in [0, 0.1) is 0 Å². The minimum atomic E-state index is -0.0177. The fraction of sp³-hybridized carbons (Fsp3) is 0.269. The minimum Gasteiger partial charge on any atom is -0.348 e. The Morgan fingerprint density at radius 3 is 1.63 bits per heavy atom. The monoisotopic (exact) mass is 401 g/mol. The lowest BCUT2D eigenvalue weighted by molar-refractivity contribution is -1.02. The first kappa shape index (κ1) is 20.3. The molecule has 1 saturated heterocycles. The van der Waals surface area contributed by atoms with Gasteiger partial charge in [-0.3, -0.25) is 4.79 Å². The molecule has 1 aliphatic heterocycles. The van der Waals surface area contributed by atoms with Gasteiger partial charge in [0.2, 0.25) is 0 Å². The molecular weight excluding hydrogens is 370 g/mol. The molecule has 3 aromatic rings. The van der Waals surface area contributed by atoms with E-state index < -0.39 is 0 Å². The third-order valence-corrected chi connectivity index (χ3v) is 5.93. The van der Waals surface area contributed by atoms with E-state index >= 15 is 0 Å². The first-order valence-electron chi connectivity index (χ1n) is 10.9. The van der Waals surface area contributed by atoms with E-state index in [1.54, 1.807) is 9.80 Å². The highest BCUT2D eigenvalue weighted by atomic mass is 16.1. The third-order valence-electron chi connectivity index (χ3n) is 5.93. The summed E-state index contributed by atoms with van der Waals surface area (Å²) in [7, 11) is 0. The molecule has 4 rings (SSSR count). The number of quaternary nitrogens is 2. The van der Waals surface area contributed by atoms with E-state index in [4.69, 9.17) is 0 Å². The van der Waals surface area contributed by atoms with Gasteiger partial charge in [-0.2, -0.15) is 0 Å². The van der Waals surface area contributed by atoms with Crippen LogP contribution >= 0.6 is 0 Å². The highest BCUT2D eigenvalue weighted by Crippen LogP contribution is 2.05. The van der Waals surface area contributed by atoms with Gasteiger partial charge in [0.1, 0.15) is 39.3 Å². The summed E-state index contributed by atoms with van der Waals surface area (Å²) >= 11 is 0. The number of benzene rings is 3. The summed E-state index contributed by atoms with van der Waals surface area (Å²) in [4.78, 5) is 15.7. The van der Waals surface area contributed by atoms with Crippen LogP contribution in [0.25, 0.3) is 0 Å². The summed E-state index contributed by atoms with van der Waals surface area (Å²) in [5.74, 6) is -0.0177. The van der Waals surface area contributed by atoms with Crippen molar-refractivity contribution in [2.45, 2.75) is 19.6 Å². The van der Waals surface area contributed by atoms with Crippen LogP contribution in [-0.4, -0.2) is 32.1 Å². The van der Waals surface area contributed by atoms with Gasteiger partial charge in [-0.1, -0.05) is 72.8 Å². The summed E-state index contributed by atoms with van der Waals surface area (Å²) in [6, 6.07) is 28.9. The van der Waals surface area contributed by atoms with Gasteiger partial charge in [0.15, 0.2) is 0 Å². The standard InChI is InChI=1S/C26H29N3O/c30-26(27-19-22-7-3-1-4-8-22)25-13-11-24(12-14-25)21-29-17-15-28(16-18-29)20-23-9-5-2-6-10-23/h1-14H,15-21H2,(H,27,30)/p+2. The predicted molar refractivity (Wildman–Crippen MR) is 119 cm³/mol. The Morgan fingerprint density at radius 2 is 1.10 bits per heavy atom. The van der Waals surface area contributed by atoms with Crippen LogP contribution < -0.4 is 15.1 Å². The van der Waals surface area contributed by atoms with Gasteiger partial charge in [0.05, 0.1) is 0 Å². The van der Waals surface area contributed by atoms with Crippen molar-refractivity contribution in [3.8, 4) is 0 Å². The van der Waals surface area contributed by atoms with Gasteiger partial charge >= 0.3 is 0 Å². The number of hydrogen-bond acceptors (Lipinski definition) is 1. The van der Waals surface area contributed by atoms with Crippen LogP contribution in [0.15, 0.2) is 84.9 Å². The molecule has 30 heavy (non-hydrogen) atoms. The molecular formula is C26H31N3O+2. The maximum Gasteiger partial charge on any atom is 0.251 e. The van der Waals surface area contributed by atoms with Crippen molar-refractivity contribution in [2.24, 2.45) is 0 Å². The van der Waals surface area contributed by atoms with Crippen LogP contribution in [-0.2, 0) is 19.6 Å². The topological polar surface area (TPSA) is 38.0 Å². The van der Waals surface area contributed by atoms with Crippen LogP contribution in [0.2, 0.25) is 0 Å². The summed E-state index contributed by atoms with van der Waals surface area (Å²) in [5, 5.41) is 2.99. The first-order chi connectivity index (χ1) is 14.8. The lowest BCUT2D eigenvalue weighted by Crippen LogP contribution is -3.27. The number of rotatable bonds is 7. The molecule has 3 N–H and O–H groups in total. The van der Waals surface area contributed by atoms with Gasteiger partial charge in [0.25, 0.3) is 5.91 Å². The molecule has 4 heteroatoms. The summed E-state index contributed by atoms with van der Waals surface area (Å²) in [6.45, 7) is 7.53. The zero-order valence-corrected chi connectivity index (χ0v) is 17.4. The van der Waals surface area contributed by atoms with Crippen LogP contribution in [0.3, 0.4) is 0 Å². The maximum absolute atomic E-state index is 12.4. The number of piperazine rings is 1. The Hall–Kier alpha value is -2.95. The second kappa shape index (κ2) is 10.2. The highest BCUT2D eigenvalue weighted by molar-refractivity contribution is 5.94. The molecule has 1 heterocycles. The second-order valence-electron chi connectivity index (χ2n) is 8.20. The molecule has 3 aromatic carbocycles. The molecule has 1 amide bonds. The molecule has 1 aliphatic rings. The number of carbonyl (C=O) groups is 1. The Labute approximate surface area is 179 Å². The Bertz CT molecular complexity index is 918. The van der Waals surface area contributed by atoms with E-state index in [9.17, 15) is 4.79 Å². The number of hydrogen-bond donors (Lipinski definition) is 3. The summed E-state index contributed by atoms with van der Waals surface area (Å²) < 4.78 is 0. The minimum absolute atomic E-state index is 0.0177. The van der Waals surface area contributed by atoms with Gasteiger partial charge in [-0.05, 0) is 17.7 Å². The van der Waals surface area contributed by atoms with Crippen LogP contribution in [0.5, 0.6) is 0 Å². The molecule has 0 spiro atoms. The van der Waals surface area contributed by atoms with Crippen molar-refractivity contribution in [3.63, 3.8) is 0 Å². The average Bonchev–Trinajstić information content (AvgIpc) is 2.81. The lowest BCUT2D eigenvalue weighted by atomic mass is 10.1. The van der Waals surface area contributed by atoms with Crippen LogP contribution in [0.4, 0.5) is 0 Å². The van der Waals surface area contributed by atoms with E-state index in [1.165, 1.54) is 37.3 Å². The summed E-state index contributed by atoms with van der Waals surface area (Å²) in [5.41, 5.74) is 4.56. The molecule has 0 unspecified atom stereocenters. The first-order valence-corrected chi connectivity index (χ1v) is 10.9. The fourth-order valence-corrected chi connectivity index (χ4v) is 4.14. The van der Waals surface area contributed by atoms with Crippen molar-refractivity contribution in [1.29, 1.82) is 0 Å². The largest absolute Gasteiger partial charge is 0.348 e. The number of carbonyl (C=O) groups excluding carboxylic acids is 1. The van der Waals surface area contributed by atoms with E-state index in [-0.39, 0.29) is 5.91 Å². The Balaban J connectivity index is 1.22. The number of amides is 1. The summed E-state index contributed by atoms with van der Waals surface area (Å²) in [6.07, 6.45) is 0. The van der Waals surface area contributed by atoms with Crippen molar-refractivity contribution >= 4 is 5.91 Å². The molecule has 154 valence electrons. The van der Waals surface area contributed by atoms with Gasteiger partial charge in [-0.25, -0.2) is 0 Å². The van der Waals surface area contributed by atoms with Gasteiger partial charge < -0.3 is 15.1 Å². The average molecular weight is 402 g/mol. The zero-order chi connectivity index (χ0) is 20.6. The van der Waals surface area contributed by atoms with E-state index in [0.717, 1.165) is 24.2 Å². The van der Waals surface area contributed by atoms with E-state index in [0.29, 0.717) is 6.54 Å². The zero-order valence-electron chi connectivity index (χ0n) is 17.4.